The van der Waals surface area contributed by atoms with Crippen molar-refractivity contribution in [3.8, 4) is 0 Å². The second-order valence-electron chi connectivity index (χ2n) is 1.41. The first-order chi connectivity index (χ1) is 2.93. The van der Waals surface area contributed by atoms with Gasteiger partial charge >= 0.3 is 0 Å². The van der Waals surface area contributed by atoms with Crippen LogP contribution < -0.4 is 0 Å². The van der Waals surface area contributed by atoms with Gasteiger partial charge in [-0.2, -0.15) is 9.78 Å². The molecule has 1 saturated heterocycles. The maximum atomic E-state index is 4.45. The van der Waals surface area contributed by atoms with E-state index in [4.69, 9.17) is 0 Å². The molecule has 0 amide bonds. The van der Waals surface area contributed by atoms with Gasteiger partial charge in [-0.3, -0.25) is 0 Å². The summed E-state index contributed by atoms with van der Waals surface area (Å²) in [5, 5.41) is 0. The molecule has 0 bridgehead atoms. The monoisotopic (exact) mass is 139 g/mol. The molecule has 0 aliphatic carbocycles. The molecule has 0 aromatic rings. The van der Waals surface area contributed by atoms with E-state index in [1.807, 2.05) is 0 Å². The molecule has 0 unspecified atom stereocenters. The van der Waals surface area contributed by atoms with E-state index >= 15 is 0 Å². The van der Waals surface area contributed by atoms with E-state index in [9.17, 15) is 0 Å². The Morgan fingerprint density at radius 1 is 1.43 bits per heavy atom. The Balaban J connectivity index is 0.000000360. The Bertz CT molecular complexity index is 45.0. The van der Waals surface area contributed by atoms with Crippen LogP contribution in [0.4, 0.5) is 0 Å². The molecule has 7 heavy (non-hydrogen) atoms. The Morgan fingerprint density at radius 3 is 2.14 bits per heavy atom. The van der Waals surface area contributed by atoms with Crippen molar-refractivity contribution in [2.24, 2.45) is 0 Å². The van der Waals surface area contributed by atoms with Crippen molar-refractivity contribution in [2.45, 2.75) is 26.1 Å². The Labute approximate surface area is 55.0 Å². The standard InChI is InChI=1S/C4H8O2.V/c1-2-3-4-5-6-4;/h4H,2-3H2,1H3;. The second kappa shape index (κ2) is 3.50. The summed E-state index contributed by atoms with van der Waals surface area (Å²) in [7, 11) is 0. The zero-order valence-electron chi connectivity index (χ0n) is 4.26. The maximum Gasteiger partial charge on any atom is 0.224 e. The molecule has 2 nitrogen and oxygen atoms in total. The van der Waals surface area contributed by atoms with Crippen molar-refractivity contribution in [3.63, 3.8) is 0 Å². The van der Waals surface area contributed by atoms with Crippen LogP contribution in [0, 0.1) is 0 Å². The van der Waals surface area contributed by atoms with Gasteiger partial charge in [0.15, 0.2) is 0 Å². The van der Waals surface area contributed by atoms with Crippen LogP contribution in [0.15, 0.2) is 0 Å². The average molecular weight is 139 g/mol. The topological polar surface area (TPSA) is 25.1 Å². The van der Waals surface area contributed by atoms with Crippen LogP contribution in [0.25, 0.3) is 0 Å². The van der Waals surface area contributed by atoms with E-state index < -0.39 is 0 Å². The van der Waals surface area contributed by atoms with E-state index in [0.29, 0.717) is 0 Å². The largest absolute Gasteiger partial charge is 0.224 e. The van der Waals surface area contributed by atoms with Crippen molar-refractivity contribution >= 4 is 0 Å². The predicted molar refractivity (Wildman–Crippen MR) is 20.9 cm³/mol. The van der Waals surface area contributed by atoms with Gasteiger partial charge in [-0.1, -0.05) is 13.3 Å². The predicted octanol–water partition coefficient (Wildman–Crippen LogP) is 1.07. The van der Waals surface area contributed by atoms with Gasteiger partial charge in [0.05, 0.1) is 0 Å². The smallest absolute Gasteiger partial charge is 0.199 e. The van der Waals surface area contributed by atoms with Crippen LogP contribution in [0.5, 0.6) is 0 Å². The molecular weight excluding hydrogens is 131 g/mol. The molecular formula is C4H8O2V. The summed E-state index contributed by atoms with van der Waals surface area (Å²) < 4.78 is 0. The van der Waals surface area contributed by atoms with Crippen LogP contribution in [-0.4, -0.2) is 6.29 Å². The Kier molecular flexibility index (Phi) is 3.75. The van der Waals surface area contributed by atoms with Crippen molar-refractivity contribution in [3.05, 3.63) is 0 Å². The molecule has 1 heterocycles. The van der Waals surface area contributed by atoms with E-state index in [-0.39, 0.29) is 24.8 Å². The summed E-state index contributed by atoms with van der Waals surface area (Å²) in [4.78, 5) is 8.90. The molecule has 0 aromatic heterocycles. The third-order valence-corrected chi connectivity index (χ3v) is 0.757. The maximum absolute atomic E-state index is 4.45. The van der Waals surface area contributed by atoms with E-state index in [1.165, 1.54) is 0 Å². The van der Waals surface area contributed by atoms with Crippen molar-refractivity contribution in [1.82, 2.24) is 0 Å². The molecule has 1 rings (SSSR count). The minimum atomic E-state index is 0. The van der Waals surface area contributed by atoms with Gasteiger partial charge in [0, 0.05) is 25.0 Å². The molecule has 1 aliphatic heterocycles. The quantitative estimate of drug-likeness (QED) is 0.422. The zero-order chi connectivity index (χ0) is 4.41. The van der Waals surface area contributed by atoms with Gasteiger partial charge in [0.25, 0.3) is 0 Å². The summed E-state index contributed by atoms with van der Waals surface area (Å²) in [6, 6.07) is 0. The van der Waals surface area contributed by atoms with Gasteiger partial charge in [-0.25, -0.2) is 0 Å². The minimum absolute atomic E-state index is 0. The summed E-state index contributed by atoms with van der Waals surface area (Å²) in [5.74, 6) is 0. The first-order valence-corrected chi connectivity index (χ1v) is 2.25. The number of hydrogen-bond acceptors (Lipinski definition) is 2. The molecule has 0 aromatic carbocycles. The van der Waals surface area contributed by atoms with E-state index in [0.717, 1.165) is 12.8 Å². The van der Waals surface area contributed by atoms with Crippen LogP contribution in [0.3, 0.4) is 0 Å². The normalized spacial score (nSPS) is 18.4. The van der Waals surface area contributed by atoms with Crippen molar-refractivity contribution < 1.29 is 28.3 Å². The van der Waals surface area contributed by atoms with Crippen LogP contribution in [0.2, 0.25) is 0 Å². The van der Waals surface area contributed by atoms with Gasteiger partial charge < -0.3 is 0 Å². The fourth-order valence-corrected chi connectivity index (χ4v) is 0.371. The minimum Gasteiger partial charge on any atom is -0.199 e. The van der Waals surface area contributed by atoms with Crippen LogP contribution in [-0.2, 0) is 28.3 Å². The molecule has 41 valence electrons. The zero-order valence-corrected chi connectivity index (χ0v) is 5.65. The summed E-state index contributed by atoms with van der Waals surface area (Å²) in [6.45, 7) is 2.10. The molecule has 0 N–H and O–H groups in total. The van der Waals surface area contributed by atoms with Gasteiger partial charge in [0.2, 0.25) is 6.29 Å². The SMILES string of the molecule is CCCC1OO1.[V]. The van der Waals surface area contributed by atoms with Gasteiger partial charge in [-0.05, 0) is 0 Å². The second-order valence-corrected chi connectivity index (χ2v) is 1.41. The summed E-state index contributed by atoms with van der Waals surface area (Å²) >= 11 is 0. The van der Waals surface area contributed by atoms with E-state index in [2.05, 4.69) is 16.7 Å². The first kappa shape index (κ1) is 7.50. The fourth-order valence-electron chi connectivity index (χ4n) is 0.371. The molecule has 1 fully saturated rings. The van der Waals surface area contributed by atoms with Gasteiger partial charge in [-0.15, -0.1) is 0 Å². The average Bonchev–Trinajstić information content (AvgIpc) is 2.21. The molecule has 0 spiro atoms. The number of rotatable bonds is 2. The molecule has 0 atom stereocenters. The Hall–Kier alpha value is 0.504. The summed E-state index contributed by atoms with van der Waals surface area (Å²) in [5.41, 5.74) is 0. The first-order valence-electron chi connectivity index (χ1n) is 2.25. The molecule has 1 radical (unpaired) electrons. The van der Waals surface area contributed by atoms with Gasteiger partial charge in [0.1, 0.15) is 0 Å². The fraction of sp³-hybridized carbons (Fsp3) is 1.00. The summed E-state index contributed by atoms with van der Waals surface area (Å²) in [6.07, 6.45) is 2.33. The Morgan fingerprint density at radius 2 is 2.00 bits per heavy atom. The van der Waals surface area contributed by atoms with E-state index in [1.54, 1.807) is 0 Å². The third-order valence-electron chi connectivity index (χ3n) is 0.757. The third kappa shape index (κ3) is 3.12. The molecule has 0 saturated carbocycles. The number of hydrogen-bond donors (Lipinski definition) is 0. The van der Waals surface area contributed by atoms with Crippen molar-refractivity contribution in [2.75, 3.05) is 0 Å². The van der Waals surface area contributed by atoms with Crippen LogP contribution in [0.1, 0.15) is 19.8 Å². The molecule has 1 aliphatic rings. The van der Waals surface area contributed by atoms with Crippen LogP contribution >= 0.6 is 0 Å². The van der Waals surface area contributed by atoms with Crippen molar-refractivity contribution in [1.29, 1.82) is 0 Å². The molecule has 3 heteroatoms.